The lowest BCUT2D eigenvalue weighted by Crippen LogP contribution is -2.19. The molecule has 4 atom stereocenters. The molecule has 0 saturated heterocycles. The van der Waals surface area contributed by atoms with Crippen LogP contribution in [0.2, 0.25) is 0 Å². The fourth-order valence-electron chi connectivity index (χ4n) is 3.25. The first-order chi connectivity index (χ1) is 8.93. The van der Waals surface area contributed by atoms with Crippen molar-refractivity contribution in [2.45, 2.75) is 93.4 Å². The predicted molar refractivity (Wildman–Crippen MR) is 89.5 cm³/mol. The van der Waals surface area contributed by atoms with Gasteiger partial charge in [-0.1, -0.05) is 93.4 Å². The zero-order chi connectivity index (χ0) is 14.8. The Kier molecular flexibility index (Phi) is 10.7. The van der Waals surface area contributed by atoms with Crippen LogP contribution in [0.4, 0.5) is 0 Å². The average Bonchev–Trinajstić information content (AvgIpc) is 2.39. The minimum Gasteiger partial charge on any atom is -0.0654 e. The number of unbranched alkanes of at least 4 members (excludes halogenated alkanes) is 1. The molecule has 19 heavy (non-hydrogen) atoms. The van der Waals surface area contributed by atoms with E-state index in [-0.39, 0.29) is 0 Å². The highest BCUT2D eigenvalue weighted by molar-refractivity contribution is 4.71. The van der Waals surface area contributed by atoms with E-state index in [0.717, 1.165) is 29.6 Å². The predicted octanol–water partition coefficient (Wildman–Crippen LogP) is 6.94. The Balaban J connectivity index is 3.95. The SMILES string of the molecule is CCCC(C(C)CC)C(C)CCCCC(C)C(C)C. The maximum atomic E-state index is 2.50. The van der Waals surface area contributed by atoms with Crippen molar-refractivity contribution in [1.82, 2.24) is 0 Å². The highest BCUT2D eigenvalue weighted by Gasteiger charge is 2.21. The van der Waals surface area contributed by atoms with Gasteiger partial charge in [-0.2, -0.15) is 0 Å². The molecule has 0 amide bonds. The Morgan fingerprint density at radius 1 is 0.632 bits per heavy atom. The molecule has 0 aliphatic heterocycles. The van der Waals surface area contributed by atoms with Crippen LogP contribution in [-0.4, -0.2) is 0 Å². The van der Waals surface area contributed by atoms with Gasteiger partial charge in [-0.3, -0.25) is 0 Å². The van der Waals surface area contributed by atoms with Gasteiger partial charge in [0, 0.05) is 0 Å². The molecule has 4 unspecified atom stereocenters. The Hall–Kier alpha value is 0. The summed E-state index contributed by atoms with van der Waals surface area (Å²) < 4.78 is 0. The summed E-state index contributed by atoms with van der Waals surface area (Å²) in [6.07, 6.45) is 9.87. The number of hydrogen-bond acceptors (Lipinski definition) is 0. The molecule has 0 saturated carbocycles. The molecule has 0 heteroatoms. The molecular weight excluding hydrogens is 228 g/mol. The quantitative estimate of drug-likeness (QED) is 0.356. The number of rotatable bonds is 11. The molecule has 0 fully saturated rings. The summed E-state index contributed by atoms with van der Waals surface area (Å²) in [4.78, 5) is 0. The summed E-state index contributed by atoms with van der Waals surface area (Å²) in [6.45, 7) is 16.8. The molecule has 0 aromatic heterocycles. The third-order valence-electron chi connectivity index (χ3n) is 5.43. The molecule has 0 N–H and O–H groups in total. The van der Waals surface area contributed by atoms with Crippen LogP contribution in [0, 0.1) is 29.6 Å². The van der Waals surface area contributed by atoms with Crippen LogP contribution < -0.4 is 0 Å². The summed E-state index contributed by atoms with van der Waals surface area (Å²) >= 11 is 0. The molecule has 0 spiro atoms. The van der Waals surface area contributed by atoms with Gasteiger partial charge in [-0.05, 0) is 29.6 Å². The van der Waals surface area contributed by atoms with E-state index >= 15 is 0 Å². The van der Waals surface area contributed by atoms with Gasteiger partial charge in [0.2, 0.25) is 0 Å². The fraction of sp³-hybridized carbons (Fsp3) is 1.00. The Bertz CT molecular complexity index is 194. The van der Waals surface area contributed by atoms with Crippen LogP contribution in [0.3, 0.4) is 0 Å². The summed E-state index contributed by atoms with van der Waals surface area (Å²) in [5, 5.41) is 0. The van der Waals surface area contributed by atoms with Gasteiger partial charge < -0.3 is 0 Å². The van der Waals surface area contributed by atoms with Crippen molar-refractivity contribution in [2.75, 3.05) is 0 Å². The largest absolute Gasteiger partial charge is 0.0654 e. The Morgan fingerprint density at radius 2 is 1.16 bits per heavy atom. The molecule has 0 aromatic carbocycles. The molecule has 0 aliphatic rings. The van der Waals surface area contributed by atoms with Crippen molar-refractivity contribution in [2.24, 2.45) is 29.6 Å². The van der Waals surface area contributed by atoms with Gasteiger partial charge in [0.25, 0.3) is 0 Å². The lowest BCUT2D eigenvalue weighted by molar-refractivity contribution is 0.215. The van der Waals surface area contributed by atoms with Crippen LogP contribution >= 0.6 is 0 Å². The molecule has 0 aromatic rings. The molecule has 0 rings (SSSR count). The average molecular weight is 269 g/mol. The third-order valence-corrected chi connectivity index (χ3v) is 5.43. The van der Waals surface area contributed by atoms with E-state index in [4.69, 9.17) is 0 Å². The third kappa shape index (κ3) is 8.00. The first-order valence-corrected chi connectivity index (χ1v) is 8.93. The lowest BCUT2D eigenvalue weighted by atomic mass is 9.77. The normalized spacial score (nSPS) is 18.3. The van der Waals surface area contributed by atoms with Gasteiger partial charge >= 0.3 is 0 Å². The van der Waals surface area contributed by atoms with Crippen LogP contribution in [0.1, 0.15) is 93.4 Å². The highest BCUT2D eigenvalue weighted by atomic mass is 14.3. The molecule has 0 nitrogen and oxygen atoms in total. The van der Waals surface area contributed by atoms with Crippen LogP contribution in [0.5, 0.6) is 0 Å². The van der Waals surface area contributed by atoms with E-state index in [1.54, 1.807) is 0 Å². The van der Waals surface area contributed by atoms with E-state index in [1.807, 2.05) is 0 Å². The summed E-state index contributed by atoms with van der Waals surface area (Å²) in [5.74, 6) is 4.54. The maximum absolute atomic E-state index is 2.50. The van der Waals surface area contributed by atoms with E-state index in [0.29, 0.717) is 0 Å². The Morgan fingerprint density at radius 3 is 1.58 bits per heavy atom. The van der Waals surface area contributed by atoms with Gasteiger partial charge in [0.15, 0.2) is 0 Å². The maximum Gasteiger partial charge on any atom is -0.0363 e. The van der Waals surface area contributed by atoms with E-state index in [1.165, 1.54) is 44.9 Å². The molecule has 0 aliphatic carbocycles. The van der Waals surface area contributed by atoms with E-state index < -0.39 is 0 Å². The summed E-state index contributed by atoms with van der Waals surface area (Å²) in [6, 6.07) is 0. The van der Waals surface area contributed by atoms with Crippen molar-refractivity contribution >= 4 is 0 Å². The van der Waals surface area contributed by atoms with Crippen LogP contribution in [0.25, 0.3) is 0 Å². The Labute approximate surface area is 123 Å². The topological polar surface area (TPSA) is 0 Å². The van der Waals surface area contributed by atoms with E-state index in [2.05, 4.69) is 48.5 Å². The molecule has 0 radical (unpaired) electrons. The second-order valence-electron chi connectivity index (χ2n) is 7.32. The second kappa shape index (κ2) is 10.7. The van der Waals surface area contributed by atoms with Crippen LogP contribution in [0.15, 0.2) is 0 Å². The molecular formula is C19H40. The lowest BCUT2D eigenvalue weighted by Gasteiger charge is -2.29. The van der Waals surface area contributed by atoms with Crippen molar-refractivity contribution in [1.29, 1.82) is 0 Å². The fourth-order valence-corrected chi connectivity index (χ4v) is 3.25. The zero-order valence-corrected chi connectivity index (χ0v) is 14.8. The summed E-state index contributed by atoms with van der Waals surface area (Å²) in [5.41, 5.74) is 0. The van der Waals surface area contributed by atoms with Gasteiger partial charge in [-0.15, -0.1) is 0 Å². The van der Waals surface area contributed by atoms with Crippen molar-refractivity contribution < 1.29 is 0 Å². The molecule has 0 heterocycles. The van der Waals surface area contributed by atoms with Crippen molar-refractivity contribution in [3.8, 4) is 0 Å². The first-order valence-electron chi connectivity index (χ1n) is 8.93. The molecule has 0 bridgehead atoms. The van der Waals surface area contributed by atoms with E-state index in [9.17, 15) is 0 Å². The van der Waals surface area contributed by atoms with Gasteiger partial charge in [-0.25, -0.2) is 0 Å². The minimum absolute atomic E-state index is 0.852. The first kappa shape index (κ1) is 19.0. The van der Waals surface area contributed by atoms with Crippen molar-refractivity contribution in [3.63, 3.8) is 0 Å². The van der Waals surface area contributed by atoms with Gasteiger partial charge in [0.05, 0.1) is 0 Å². The molecule has 116 valence electrons. The summed E-state index contributed by atoms with van der Waals surface area (Å²) in [7, 11) is 0. The standard InChI is InChI=1S/C19H40/c1-8-12-19(16(5)9-2)18(7)14-11-10-13-17(6)15(3)4/h15-19H,8-14H2,1-7H3. The van der Waals surface area contributed by atoms with Gasteiger partial charge in [0.1, 0.15) is 0 Å². The smallest absolute Gasteiger partial charge is 0.0363 e. The highest BCUT2D eigenvalue weighted by Crippen LogP contribution is 2.31. The zero-order valence-electron chi connectivity index (χ0n) is 14.8. The number of hydrogen-bond donors (Lipinski definition) is 0. The van der Waals surface area contributed by atoms with Crippen LogP contribution in [-0.2, 0) is 0 Å². The minimum atomic E-state index is 0.852. The second-order valence-corrected chi connectivity index (χ2v) is 7.32. The monoisotopic (exact) mass is 268 g/mol. The van der Waals surface area contributed by atoms with Crippen molar-refractivity contribution in [3.05, 3.63) is 0 Å².